The van der Waals surface area contributed by atoms with E-state index in [1.807, 2.05) is 68.7 Å². The van der Waals surface area contributed by atoms with Gasteiger partial charge < -0.3 is 10.0 Å². The molecule has 0 saturated carbocycles. The second-order valence-corrected chi connectivity index (χ2v) is 25.8. The maximum Gasteiger partial charge on any atom is 0.489 e. The minimum Gasteiger partial charge on any atom is -0.423 e. The van der Waals surface area contributed by atoms with E-state index in [4.69, 9.17) is 10.0 Å². The first-order valence-electron chi connectivity index (χ1n) is 24.9. The molecule has 4 aromatic carbocycles. The summed E-state index contributed by atoms with van der Waals surface area (Å²) in [6.07, 6.45) is 31.3. The number of hydrogen-bond donors (Lipinski definition) is 2. The Bertz CT molecular complexity index is 4030. The van der Waals surface area contributed by atoms with Crippen LogP contribution in [0.5, 0.6) is 0 Å². The standard InChI is InChI=1S/C17H20O2S2.C17H20S2.C15H12S2.C12H14S.C7H11BO2S.3CH4/c1-7-9-15-12(3)10-11-16(21(6)19)17(15)14(8-2)13(4)20(5)18;1-7-9-15-12(3)10-11-16(19-6)17(15)14(8-2)13(4)18-5;1-5-11-13-8(2)6-7-12-15(13)14(9(3)16-11)10(4)17-12;1-5-6-11-9(2)7-8-12(13-4)10(11)3;1-4-6(8(9)10)7(5-2)11-3;;;/h7-11H,1,3-4H2,2,5-6H3;7-11H,1,3-4H2,2,5-6H3;5-7H,1-2,4H2,3H3;5-8H,1-2H2,3-4H3;4-5,9-10H,1-2H2,3H3;3*1H4/b2*14-8+,15-9+;;11-6+;7-6-;;;. The van der Waals surface area contributed by atoms with Crippen molar-refractivity contribution in [3.63, 3.8) is 0 Å². The van der Waals surface area contributed by atoms with Crippen LogP contribution >= 0.6 is 70.1 Å². The largest absolute Gasteiger partial charge is 0.489 e. The number of thioether (sulfide) groups is 5. The number of thiophene rings is 1. The van der Waals surface area contributed by atoms with Crippen molar-refractivity contribution < 1.29 is 18.5 Å². The third kappa shape index (κ3) is 20.7. The molecule has 0 aliphatic carbocycles. The number of rotatable bonds is 17. The van der Waals surface area contributed by atoms with Gasteiger partial charge in [0.05, 0.1) is 10.8 Å². The first-order valence-corrected chi connectivity index (χ1v) is 34.6. The Hall–Kier alpha value is -5.29. The average Bonchev–Trinajstić information content (AvgIpc) is 4.03. The Morgan fingerprint density at radius 3 is 1.52 bits per heavy atom. The van der Waals surface area contributed by atoms with Crippen molar-refractivity contribution in [1.29, 1.82) is 0 Å². The summed E-state index contributed by atoms with van der Waals surface area (Å²) in [7, 11) is -3.85. The quantitative estimate of drug-likeness (QED) is 0.0538. The van der Waals surface area contributed by atoms with Crippen LogP contribution in [0.15, 0.2) is 185 Å². The summed E-state index contributed by atoms with van der Waals surface area (Å²) in [5.74, 6) is 0. The molecular formula is C71H89BO4S8. The van der Waals surface area contributed by atoms with Crippen molar-refractivity contribution in [2.24, 2.45) is 0 Å². The van der Waals surface area contributed by atoms with E-state index in [1.165, 1.54) is 79.9 Å². The van der Waals surface area contributed by atoms with Crippen LogP contribution < -0.4 is 51.5 Å². The van der Waals surface area contributed by atoms with Gasteiger partial charge in [-0.2, -0.15) is 0 Å². The lowest BCUT2D eigenvalue weighted by atomic mass is 9.79. The molecule has 0 radical (unpaired) electrons. The first-order chi connectivity index (χ1) is 38.4. The molecule has 0 amide bonds. The van der Waals surface area contributed by atoms with Gasteiger partial charge >= 0.3 is 7.12 Å². The van der Waals surface area contributed by atoms with E-state index < -0.39 is 28.7 Å². The van der Waals surface area contributed by atoms with Gasteiger partial charge in [-0.1, -0.05) is 211 Å². The minimum atomic E-state index is -1.46. The van der Waals surface area contributed by atoms with Crippen LogP contribution in [0.25, 0.3) is 82.2 Å². The SMILES string of the molecule is C.C.C.C=C/C(SC)=C(\C=C)B(O)O.C=C/C=c1/c(/C(=C/C)C(=C)S(C)=O)c(S(C)=O)ccc1=C.C=C/C=c1/c(/C(=C/C)C(=C)SC)c(SC)ccc1=C.C=C/C=c1/c(C)c(SC)ccc1=C.C=CC1=c2c(=C)ccc3sc(=C)c(c23)=C(C)S1. The van der Waals surface area contributed by atoms with Crippen LogP contribution in [0, 0.1) is 6.92 Å². The highest BCUT2D eigenvalue weighted by atomic mass is 32.2. The number of benzene rings is 4. The van der Waals surface area contributed by atoms with Gasteiger partial charge in [0.2, 0.25) is 0 Å². The van der Waals surface area contributed by atoms with E-state index in [1.54, 1.807) is 95.2 Å². The van der Waals surface area contributed by atoms with Crippen molar-refractivity contribution in [2.45, 2.75) is 64.7 Å². The Morgan fingerprint density at radius 1 is 0.619 bits per heavy atom. The van der Waals surface area contributed by atoms with Crippen LogP contribution in [0.3, 0.4) is 0 Å². The fraction of sp³-hybridized carbons (Fsp3) is 0.183. The predicted octanol–water partition coefficient (Wildman–Crippen LogP) is 13.0. The summed E-state index contributed by atoms with van der Waals surface area (Å²) >= 11 is 10.1. The van der Waals surface area contributed by atoms with Gasteiger partial charge in [0.1, 0.15) is 0 Å². The molecule has 448 valence electrons. The topological polar surface area (TPSA) is 74.6 Å². The average molecular weight is 1270 g/mol. The van der Waals surface area contributed by atoms with Crippen LogP contribution in [-0.2, 0) is 21.6 Å². The molecule has 1 aromatic heterocycles. The highest BCUT2D eigenvalue weighted by Crippen LogP contribution is 2.32. The molecule has 4 nitrogen and oxygen atoms in total. The van der Waals surface area contributed by atoms with Crippen molar-refractivity contribution in [3.05, 3.63) is 238 Å². The zero-order valence-corrected chi connectivity index (χ0v) is 55.2. The molecule has 84 heavy (non-hydrogen) atoms. The van der Waals surface area contributed by atoms with Gasteiger partial charge in [0, 0.05) is 93.8 Å². The van der Waals surface area contributed by atoms with E-state index >= 15 is 0 Å². The molecule has 2 N–H and O–H groups in total. The maximum absolute atomic E-state index is 12.1. The van der Waals surface area contributed by atoms with E-state index in [2.05, 4.69) is 155 Å². The van der Waals surface area contributed by atoms with Crippen molar-refractivity contribution >= 4 is 181 Å². The highest BCUT2D eigenvalue weighted by molar-refractivity contribution is 8.16. The summed E-state index contributed by atoms with van der Waals surface area (Å²) in [4.78, 5) is 8.06. The molecule has 2 unspecified atom stereocenters. The van der Waals surface area contributed by atoms with Crippen molar-refractivity contribution in [2.75, 3.05) is 37.5 Å². The zero-order valence-electron chi connectivity index (χ0n) is 48.7. The molecule has 1 aliphatic heterocycles. The van der Waals surface area contributed by atoms with E-state index in [0.29, 0.717) is 15.3 Å². The zero-order chi connectivity index (χ0) is 61.4. The highest BCUT2D eigenvalue weighted by Gasteiger charge is 2.18. The van der Waals surface area contributed by atoms with E-state index in [9.17, 15) is 8.42 Å². The monoisotopic (exact) mass is 1270 g/mol. The minimum absolute atomic E-state index is 0. The molecule has 1 aliphatic rings. The van der Waals surface area contributed by atoms with Crippen LogP contribution in [0.2, 0.25) is 0 Å². The fourth-order valence-electron chi connectivity index (χ4n) is 8.36. The Kier molecular flexibility index (Phi) is 38.6. The van der Waals surface area contributed by atoms with Gasteiger partial charge in [-0.05, 0) is 141 Å². The predicted molar refractivity (Wildman–Crippen MR) is 404 cm³/mol. The van der Waals surface area contributed by atoms with Crippen LogP contribution in [0.1, 0.15) is 59.7 Å². The smallest absolute Gasteiger partial charge is 0.423 e. The van der Waals surface area contributed by atoms with Gasteiger partial charge in [0.25, 0.3) is 0 Å². The lowest BCUT2D eigenvalue weighted by Crippen LogP contribution is -2.34. The molecule has 0 saturated heterocycles. The normalized spacial score (nSPS) is 13.0. The molecule has 0 fully saturated rings. The van der Waals surface area contributed by atoms with Crippen LogP contribution in [0.4, 0.5) is 0 Å². The molecule has 13 heteroatoms. The molecule has 0 bridgehead atoms. The Morgan fingerprint density at radius 2 is 1.11 bits per heavy atom. The number of hydrogen-bond acceptors (Lipinski definition) is 10. The lowest BCUT2D eigenvalue weighted by Gasteiger charge is -2.14. The Labute approximate surface area is 535 Å². The van der Waals surface area contributed by atoms with Crippen molar-refractivity contribution in [3.8, 4) is 0 Å². The number of allylic oxidation sites excluding steroid dienone is 10. The summed E-state index contributed by atoms with van der Waals surface area (Å²) in [6.45, 7) is 58.8. The second-order valence-electron chi connectivity index (χ2n) is 17.2. The van der Waals surface area contributed by atoms with E-state index in [0.717, 1.165) is 56.8 Å². The third-order valence-electron chi connectivity index (χ3n) is 12.3. The summed E-state index contributed by atoms with van der Waals surface area (Å²) in [6, 6.07) is 16.2. The molecule has 5 aromatic rings. The molecular weight excluding hydrogens is 1180 g/mol. The van der Waals surface area contributed by atoms with Gasteiger partial charge in [-0.25, -0.2) is 0 Å². The third-order valence-corrected chi connectivity index (χ3v) is 19.5. The summed E-state index contributed by atoms with van der Waals surface area (Å²) < 4.78 is 26.3. The second kappa shape index (κ2) is 40.2. The lowest BCUT2D eigenvalue weighted by molar-refractivity contribution is 0.420. The molecule has 0 spiro atoms. The summed E-state index contributed by atoms with van der Waals surface area (Å²) in [5.41, 5.74) is 5.58. The summed E-state index contributed by atoms with van der Waals surface area (Å²) in [5, 5.41) is 28.6. The van der Waals surface area contributed by atoms with Crippen molar-refractivity contribution in [1.82, 2.24) is 0 Å². The molecule has 2 atom stereocenters. The van der Waals surface area contributed by atoms with Gasteiger partial charge in [0.15, 0.2) is 0 Å². The molecule has 6 rings (SSSR count). The first kappa shape index (κ1) is 80.8. The van der Waals surface area contributed by atoms with E-state index in [-0.39, 0.29) is 22.3 Å². The molecule has 2 heterocycles. The maximum atomic E-state index is 12.1. The van der Waals surface area contributed by atoms with Crippen LogP contribution in [-0.4, -0.2) is 63.1 Å². The Balaban J connectivity index is 0. The van der Waals surface area contributed by atoms with Gasteiger partial charge in [-0.15, -0.1) is 58.4 Å². The fourth-order valence-corrected chi connectivity index (χ4v) is 14.1. The van der Waals surface area contributed by atoms with Gasteiger partial charge in [-0.3, -0.25) is 8.42 Å².